The van der Waals surface area contributed by atoms with Gasteiger partial charge in [0, 0.05) is 22.7 Å². The van der Waals surface area contributed by atoms with Gasteiger partial charge in [0.15, 0.2) is 18.1 Å². The summed E-state index contributed by atoms with van der Waals surface area (Å²) in [4.78, 5) is 41.0. The molecule has 1 aliphatic rings. The molecule has 0 aliphatic carbocycles. The van der Waals surface area contributed by atoms with Crippen LogP contribution in [0.1, 0.15) is 15.4 Å². The van der Waals surface area contributed by atoms with Crippen molar-refractivity contribution in [1.82, 2.24) is 10.3 Å². The highest BCUT2D eigenvalue weighted by atomic mass is 32.1. The first-order chi connectivity index (χ1) is 15.0. The highest BCUT2D eigenvalue weighted by Crippen LogP contribution is 2.32. The van der Waals surface area contributed by atoms with Crippen LogP contribution in [0.25, 0.3) is 10.6 Å². The van der Waals surface area contributed by atoms with Crippen LogP contribution in [0.5, 0.6) is 11.5 Å². The standard InChI is InChI=1S/C20H17N3O6S2/c1-11-17(31-18(21-11)12-4-7-30-10-12)19(25)29-9-16(24)23-20(26)22-13-2-3-14-15(8-13)28-6-5-27-14/h2-4,7-8,10H,5-6,9H2,1H3,(H2,22,23,24,26). The zero-order chi connectivity index (χ0) is 21.8. The number of fused-ring (bicyclic) bond motifs is 1. The summed E-state index contributed by atoms with van der Waals surface area (Å²) < 4.78 is 15.9. The summed E-state index contributed by atoms with van der Waals surface area (Å²) >= 11 is 2.72. The van der Waals surface area contributed by atoms with Gasteiger partial charge in [0.05, 0.1) is 5.69 Å². The Labute approximate surface area is 185 Å². The fraction of sp³-hybridized carbons (Fsp3) is 0.200. The molecule has 9 nitrogen and oxygen atoms in total. The lowest BCUT2D eigenvalue weighted by Crippen LogP contribution is -2.37. The average Bonchev–Trinajstić information content (AvgIpc) is 3.41. The number of anilines is 1. The molecule has 1 aromatic carbocycles. The van der Waals surface area contributed by atoms with Crippen molar-refractivity contribution in [3.63, 3.8) is 0 Å². The molecule has 0 bridgehead atoms. The van der Waals surface area contributed by atoms with E-state index in [4.69, 9.17) is 14.2 Å². The molecule has 0 unspecified atom stereocenters. The van der Waals surface area contributed by atoms with Crippen LogP contribution in [0.2, 0.25) is 0 Å². The Kier molecular flexibility index (Phi) is 6.14. The van der Waals surface area contributed by atoms with Crippen LogP contribution in [0.3, 0.4) is 0 Å². The van der Waals surface area contributed by atoms with Crippen molar-refractivity contribution in [1.29, 1.82) is 0 Å². The summed E-state index contributed by atoms with van der Waals surface area (Å²) in [6.45, 7) is 1.98. The van der Waals surface area contributed by atoms with Crippen molar-refractivity contribution in [2.75, 3.05) is 25.1 Å². The van der Waals surface area contributed by atoms with Gasteiger partial charge in [-0.05, 0) is 30.5 Å². The second-order valence-corrected chi connectivity index (χ2v) is 8.16. The van der Waals surface area contributed by atoms with E-state index in [0.29, 0.717) is 46.0 Å². The molecular weight excluding hydrogens is 442 g/mol. The fourth-order valence-electron chi connectivity index (χ4n) is 2.74. The molecule has 160 valence electrons. The van der Waals surface area contributed by atoms with Gasteiger partial charge in [-0.15, -0.1) is 11.3 Å². The number of thiophene rings is 1. The van der Waals surface area contributed by atoms with Crippen LogP contribution in [0.15, 0.2) is 35.0 Å². The Morgan fingerprint density at radius 3 is 2.74 bits per heavy atom. The zero-order valence-electron chi connectivity index (χ0n) is 16.3. The minimum absolute atomic E-state index is 0.315. The van der Waals surface area contributed by atoms with Crippen molar-refractivity contribution in [3.05, 3.63) is 45.6 Å². The predicted molar refractivity (Wildman–Crippen MR) is 115 cm³/mol. The molecule has 0 saturated heterocycles. The Morgan fingerprint density at radius 2 is 1.97 bits per heavy atom. The number of benzene rings is 1. The lowest BCUT2D eigenvalue weighted by Gasteiger charge is -2.19. The molecule has 0 atom stereocenters. The van der Waals surface area contributed by atoms with Crippen molar-refractivity contribution >= 4 is 46.3 Å². The van der Waals surface area contributed by atoms with E-state index in [2.05, 4.69) is 15.6 Å². The van der Waals surface area contributed by atoms with Gasteiger partial charge >= 0.3 is 12.0 Å². The van der Waals surface area contributed by atoms with Crippen LogP contribution in [0, 0.1) is 6.92 Å². The van der Waals surface area contributed by atoms with E-state index in [1.54, 1.807) is 25.1 Å². The van der Waals surface area contributed by atoms with Crippen LogP contribution in [0.4, 0.5) is 10.5 Å². The number of hydrogen-bond acceptors (Lipinski definition) is 9. The maximum atomic E-state index is 12.3. The number of amides is 3. The second kappa shape index (κ2) is 9.14. The number of nitrogens with one attached hydrogen (secondary N) is 2. The van der Waals surface area contributed by atoms with E-state index in [9.17, 15) is 14.4 Å². The molecule has 31 heavy (non-hydrogen) atoms. The number of ether oxygens (including phenoxy) is 3. The first-order valence-electron chi connectivity index (χ1n) is 9.17. The van der Waals surface area contributed by atoms with Crippen molar-refractivity contribution in [2.45, 2.75) is 6.92 Å². The molecule has 2 aromatic heterocycles. The summed E-state index contributed by atoms with van der Waals surface area (Å²) in [5.41, 5.74) is 1.87. The third-order valence-corrected chi connectivity index (χ3v) is 6.01. The van der Waals surface area contributed by atoms with Gasteiger partial charge in [0.2, 0.25) is 0 Å². The number of thiazole rings is 1. The quantitative estimate of drug-likeness (QED) is 0.562. The number of carbonyl (C=O) groups is 3. The number of rotatable bonds is 5. The van der Waals surface area contributed by atoms with Gasteiger partial charge in [0.1, 0.15) is 23.1 Å². The minimum Gasteiger partial charge on any atom is -0.486 e. The largest absolute Gasteiger partial charge is 0.486 e. The Balaban J connectivity index is 1.28. The van der Waals surface area contributed by atoms with Gasteiger partial charge in [0.25, 0.3) is 5.91 Å². The van der Waals surface area contributed by atoms with Crippen molar-refractivity contribution in [3.8, 4) is 22.1 Å². The van der Waals surface area contributed by atoms with E-state index in [0.717, 1.165) is 5.56 Å². The number of nitrogens with zero attached hydrogens (tertiary/aromatic N) is 1. The van der Waals surface area contributed by atoms with Crippen LogP contribution >= 0.6 is 22.7 Å². The first kappa shape index (κ1) is 20.8. The fourth-order valence-corrected chi connectivity index (χ4v) is 4.41. The zero-order valence-corrected chi connectivity index (χ0v) is 17.9. The lowest BCUT2D eigenvalue weighted by atomic mass is 10.2. The molecule has 0 radical (unpaired) electrons. The molecule has 0 spiro atoms. The van der Waals surface area contributed by atoms with E-state index >= 15 is 0 Å². The molecule has 3 aromatic rings. The molecule has 1 aliphatic heterocycles. The third-order valence-electron chi connectivity index (χ3n) is 4.14. The topological polar surface area (TPSA) is 116 Å². The Bertz CT molecular complexity index is 1130. The highest BCUT2D eigenvalue weighted by Gasteiger charge is 2.20. The highest BCUT2D eigenvalue weighted by molar-refractivity contribution is 7.17. The Morgan fingerprint density at radius 1 is 1.16 bits per heavy atom. The molecule has 2 N–H and O–H groups in total. The Hall–Kier alpha value is -3.44. The van der Waals surface area contributed by atoms with Crippen LogP contribution in [-0.2, 0) is 9.53 Å². The summed E-state index contributed by atoms with van der Waals surface area (Å²) in [5.74, 6) is -0.339. The first-order valence-corrected chi connectivity index (χ1v) is 10.9. The van der Waals surface area contributed by atoms with Crippen LogP contribution in [-0.4, -0.2) is 42.7 Å². The van der Waals surface area contributed by atoms with Crippen LogP contribution < -0.4 is 20.1 Å². The van der Waals surface area contributed by atoms with Crippen molar-refractivity contribution in [2.24, 2.45) is 0 Å². The number of hydrogen-bond donors (Lipinski definition) is 2. The maximum absolute atomic E-state index is 12.3. The monoisotopic (exact) mass is 459 g/mol. The summed E-state index contributed by atoms with van der Waals surface area (Å²) in [5, 5.41) is 9.18. The predicted octanol–water partition coefficient (Wildman–Crippen LogP) is 3.46. The number of esters is 1. The maximum Gasteiger partial charge on any atom is 0.350 e. The van der Waals surface area contributed by atoms with Gasteiger partial charge in [-0.2, -0.15) is 11.3 Å². The van der Waals surface area contributed by atoms with E-state index in [-0.39, 0.29) is 0 Å². The molecular formula is C20H17N3O6S2. The number of imide groups is 1. The third kappa shape index (κ3) is 5.01. The normalized spacial score (nSPS) is 12.2. The van der Waals surface area contributed by atoms with Gasteiger partial charge in [-0.25, -0.2) is 14.6 Å². The molecule has 11 heteroatoms. The SMILES string of the molecule is Cc1nc(-c2ccsc2)sc1C(=O)OCC(=O)NC(=O)Nc1ccc2c(c1)OCCO2. The number of aromatic nitrogens is 1. The molecule has 3 heterocycles. The van der Waals surface area contributed by atoms with Gasteiger partial charge < -0.3 is 19.5 Å². The molecule has 0 fully saturated rings. The number of carbonyl (C=O) groups excluding carboxylic acids is 3. The molecule has 4 rings (SSSR count). The summed E-state index contributed by atoms with van der Waals surface area (Å²) in [6.07, 6.45) is 0. The van der Waals surface area contributed by atoms with E-state index in [1.165, 1.54) is 22.7 Å². The molecule has 0 saturated carbocycles. The number of aryl methyl sites for hydroxylation is 1. The minimum atomic E-state index is -0.761. The second-order valence-electron chi connectivity index (χ2n) is 6.38. The molecule has 3 amide bonds. The van der Waals surface area contributed by atoms with E-state index in [1.807, 2.05) is 16.8 Å². The summed E-state index contributed by atoms with van der Waals surface area (Å²) in [7, 11) is 0. The summed E-state index contributed by atoms with van der Waals surface area (Å²) in [6, 6.07) is 6.03. The van der Waals surface area contributed by atoms with E-state index < -0.39 is 24.5 Å². The lowest BCUT2D eigenvalue weighted by molar-refractivity contribution is -0.123. The van der Waals surface area contributed by atoms with Gasteiger partial charge in [-0.3, -0.25) is 10.1 Å². The van der Waals surface area contributed by atoms with Crippen molar-refractivity contribution < 1.29 is 28.6 Å². The smallest absolute Gasteiger partial charge is 0.350 e. The van der Waals surface area contributed by atoms with Gasteiger partial charge in [-0.1, -0.05) is 0 Å². The number of urea groups is 1. The average molecular weight is 460 g/mol.